The van der Waals surface area contributed by atoms with Crippen LogP contribution in [0, 0.1) is 6.92 Å². The number of benzene rings is 2. The topological polar surface area (TPSA) is 98.5 Å². The molecule has 0 spiro atoms. The minimum atomic E-state index is -3.89. The summed E-state index contributed by atoms with van der Waals surface area (Å²) >= 11 is 0. The number of aryl methyl sites for hydroxylation is 1. The summed E-state index contributed by atoms with van der Waals surface area (Å²) in [4.78, 5) is 11.4. The van der Waals surface area contributed by atoms with Crippen LogP contribution < -0.4 is 4.74 Å². The van der Waals surface area contributed by atoms with Gasteiger partial charge in [-0.3, -0.25) is 0 Å². The van der Waals surface area contributed by atoms with Gasteiger partial charge in [-0.05, 0) is 25.1 Å². The van der Waals surface area contributed by atoms with E-state index < -0.39 is 16.0 Å². The van der Waals surface area contributed by atoms with Gasteiger partial charge in [0, 0.05) is 11.5 Å². The zero-order chi connectivity index (χ0) is 17.5. The quantitative estimate of drug-likeness (QED) is 0.778. The third kappa shape index (κ3) is 2.50. The number of carboxylic acid groups (broad SMARTS) is 1. The molecule has 3 aromatic rings. The summed E-state index contributed by atoms with van der Waals surface area (Å²) < 4.78 is 31.5. The van der Waals surface area contributed by atoms with Crippen LogP contribution >= 0.6 is 0 Å². The highest BCUT2D eigenvalue weighted by Gasteiger charge is 2.22. The van der Waals surface area contributed by atoms with Crippen molar-refractivity contribution >= 4 is 26.9 Å². The number of aromatic nitrogens is 2. The van der Waals surface area contributed by atoms with E-state index in [0.717, 1.165) is 9.65 Å². The molecular formula is C16H14N2O5S. The van der Waals surface area contributed by atoms with E-state index >= 15 is 0 Å². The fourth-order valence-corrected chi connectivity index (χ4v) is 3.64. The van der Waals surface area contributed by atoms with Crippen molar-refractivity contribution in [3.63, 3.8) is 0 Å². The zero-order valence-corrected chi connectivity index (χ0v) is 13.7. The van der Waals surface area contributed by atoms with E-state index in [4.69, 9.17) is 4.74 Å². The molecule has 124 valence electrons. The monoisotopic (exact) mass is 346 g/mol. The lowest BCUT2D eigenvalue weighted by molar-refractivity contribution is 0.0693. The average Bonchev–Trinajstić information content (AvgIpc) is 2.97. The van der Waals surface area contributed by atoms with Gasteiger partial charge in [-0.25, -0.2) is 4.79 Å². The molecule has 1 aromatic heterocycles. The smallest absolute Gasteiger partial charge is 0.339 e. The molecule has 24 heavy (non-hydrogen) atoms. The molecule has 0 radical (unpaired) electrons. The summed E-state index contributed by atoms with van der Waals surface area (Å²) in [7, 11) is -2.57. The van der Waals surface area contributed by atoms with Crippen molar-refractivity contribution in [2.45, 2.75) is 11.8 Å². The number of hydrogen-bond acceptors (Lipinski definition) is 5. The van der Waals surface area contributed by atoms with Gasteiger partial charge >= 0.3 is 5.97 Å². The summed E-state index contributed by atoms with van der Waals surface area (Å²) in [5, 5.41) is 13.5. The second-order valence-electron chi connectivity index (χ2n) is 5.22. The van der Waals surface area contributed by atoms with Gasteiger partial charge in [-0.2, -0.15) is 17.6 Å². The highest BCUT2D eigenvalue weighted by atomic mass is 32.2. The molecule has 0 bridgehead atoms. The Balaban J connectivity index is 2.23. The van der Waals surface area contributed by atoms with E-state index in [1.807, 2.05) is 6.92 Å². The molecule has 7 nitrogen and oxygen atoms in total. The molecule has 1 heterocycles. The molecule has 0 fully saturated rings. The first-order valence-electron chi connectivity index (χ1n) is 6.96. The zero-order valence-electron chi connectivity index (χ0n) is 12.9. The summed E-state index contributed by atoms with van der Waals surface area (Å²) in [5.41, 5.74) is 1.13. The summed E-state index contributed by atoms with van der Waals surface area (Å²) in [6.07, 6.45) is 1.31. The van der Waals surface area contributed by atoms with Crippen LogP contribution in [0.2, 0.25) is 0 Å². The number of aromatic carboxylic acids is 1. The Hall–Kier alpha value is -2.87. The number of rotatable bonds is 4. The Bertz CT molecular complexity index is 1040. The van der Waals surface area contributed by atoms with Crippen molar-refractivity contribution in [1.29, 1.82) is 0 Å². The average molecular weight is 346 g/mol. The Labute approximate surface area is 138 Å². The third-order valence-electron chi connectivity index (χ3n) is 3.63. The van der Waals surface area contributed by atoms with Crippen LogP contribution in [-0.2, 0) is 10.0 Å². The lowest BCUT2D eigenvalue weighted by Crippen LogP contribution is -2.14. The molecule has 0 amide bonds. The van der Waals surface area contributed by atoms with Crippen LogP contribution in [0.4, 0.5) is 0 Å². The van der Waals surface area contributed by atoms with E-state index in [1.165, 1.54) is 37.6 Å². The van der Waals surface area contributed by atoms with Crippen molar-refractivity contribution in [3.8, 4) is 5.75 Å². The highest BCUT2D eigenvalue weighted by molar-refractivity contribution is 7.90. The molecule has 0 aliphatic rings. The summed E-state index contributed by atoms with van der Waals surface area (Å²) in [6.45, 7) is 1.86. The van der Waals surface area contributed by atoms with Gasteiger partial charge in [0.2, 0.25) is 0 Å². The maximum Gasteiger partial charge on any atom is 0.339 e. The number of carbonyl (C=O) groups is 1. The number of fused-ring (bicyclic) bond motifs is 1. The molecule has 8 heteroatoms. The van der Waals surface area contributed by atoms with Gasteiger partial charge in [-0.1, -0.05) is 17.7 Å². The highest BCUT2D eigenvalue weighted by Crippen LogP contribution is 2.28. The van der Waals surface area contributed by atoms with Crippen molar-refractivity contribution in [2.75, 3.05) is 7.11 Å². The molecule has 0 saturated heterocycles. The van der Waals surface area contributed by atoms with Crippen LogP contribution in [0.5, 0.6) is 5.75 Å². The van der Waals surface area contributed by atoms with E-state index in [2.05, 4.69) is 5.10 Å². The van der Waals surface area contributed by atoms with Crippen LogP contribution in [0.25, 0.3) is 10.9 Å². The standard InChI is InChI=1S/C16H14N2O5S/c1-10-3-5-12(6-4-10)24(21,22)18-14-8-15(23-2)13(16(19)20)7-11(14)9-17-18/h3-9H,1-2H3,(H,19,20). The van der Waals surface area contributed by atoms with Gasteiger partial charge < -0.3 is 9.84 Å². The first kappa shape index (κ1) is 16.0. The lowest BCUT2D eigenvalue weighted by atomic mass is 10.1. The molecule has 3 rings (SSSR count). The molecule has 1 N–H and O–H groups in total. The molecule has 2 aromatic carbocycles. The number of ether oxygens (including phenoxy) is 1. The maximum absolute atomic E-state index is 12.8. The SMILES string of the molecule is COc1cc2c(cnn2S(=O)(=O)c2ccc(C)cc2)cc1C(=O)O. The number of nitrogens with zero attached hydrogens (tertiary/aromatic N) is 2. The van der Waals surface area contributed by atoms with Crippen LogP contribution in [0.3, 0.4) is 0 Å². The van der Waals surface area contributed by atoms with Crippen molar-refractivity contribution in [1.82, 2.24) is 9.19 Å². The molecule has 0 atom stereocenters. The van der Waals surface area contributed by atoms with E-state index in [1.54, 1.807) is 12.1 Å². The van der Waals surface area contributed by atoms with Gasteiger partial charge in [0.15, 0.2) is 0 Å². The Kier molecular flexibility index (Phi) is 3.76. The number of methoxy groups -OCH3 is 1. The van der Waals surface area contributed by atoms with E-state index in [-0.39, 0.29) is 21.7 Å². The molecule has 0 aliphatic heterocycles. The third-order valence-corrected chi connectivity index (χ3v) is 5.25. The Morgan fingerprint density at radius 3 is 2.46 bits per heavy atom. The summed E-state index contributed by atoms with van der Waals surface area (Å²) in [6, 6.07) is 9.09. The second-order valence-corrected chi connectivity index (χ2v) is 6.99. The van der Waals surface area contributed by atoms with E-state index in [9.17, 15) is 18.3 Å². The van der Waals surface area contributed by atoms with Crippen molar-refractivity contribution < 1.29 is 23.1 Å². The van der Waals surface area contributed by atoms with Crippen molar-refractivity contribution in [3.05, 3.63) is 53.7 Å². The lowest BCUT2D eigenvalue weighted by Gasteiger charge is -2.08. The van der Waals surface area contributed by atoms with Gasteiger partial charge in [0.1, 0.15) is 11.3 Å². The fourth-order valence-electron chi connectivity index (χ4n) is 2.37. The first-order chi connectivity index (χ1) is 11.3. The fraction of sp³-hybridized carbons (Fsp3) is 0.125. The van der Waals surface area contributed by atoms with Crippen LogP contribution in [0.15, 0.2) is 47.5 Å². The van der Waals surface area contributed by atoms with Crippen LogP contribution in [-0.4, -0.2) is 35.8 Å². The normalized spacial score (nSPS) is 11.6. The Morgan fingerprint density at radius 1 is 1.21 bits per heavy atom. The minimum absolute atomic E-state index is 0.0581. The number of hydrogen-bond donors (Lipinski definition) is 1. The van der Waals surface area contributed by atoms with Gasteiger partial charge in [0.25, 0.3) is 10.0 Å². The second kappa shape index (κ2) is 5.64. The largest absolute Gasteiger partial charge is 0.496 e. The van der Waals surface area contributed by atoms with E-state index in [0.29, 0.717) is 5.39 Å². The Morgan fingerprint density at radius 2 is 1.88 bits per heavy atom. The molecule has 0 aliphatic carbocycles. The summed E-state index contributed by atoms with van der Waals surface area (Å²) in [5.74, 6) is -1.10. The molecular weight excluding hydrogens is 332 g/mol. The molecule has 0 unspecified atom stereocenters. The predicted molar refractivity (Wildman–Crippen MR) is 87.0 cm³/mol. The van der Waals surface area contributed by atoms with Gasteiger partial charge in [0.05, 0.1) is 23.7 Å². The molecule has 0 saturated carbocycles. The maximum atomic E-state index is 12.8. The number of carboxylic acids is 1. The van der Waals surface area contributed by atoms with Crippen LogP contribution in [0.1, 0.15) is 15.9 Å². The minimum Gasteiger partial charge on any atom is -0.496 e. The predicted octanol–water partition coefficient (Wildman–Crippen LogP) is 2.29. The van der Waals surface area contributed by atoms with Crippen molar-refractivity contribution in [2.24, 2.45) is 0 Å². The first-order valence-corrected chi connectivity index (χ1v) is 8.40. The van der Waals surface area contributed by atoms with Gasteiger partial charge in [-0.15, -0.1) is 0 Å².